The predicted octanol–water partition coefficient (Wildman–Crippen LogP) is 30.6. The van der Waals surface area contributed by atoms with E-state index in [2.05, 4.69) is 137 Å². The zero-order valence-electron chi connectivity index (χ0n) is 53.8. The van der Waals surface area contributed by atoms with Crippen LogP contribution in [0.15, 0.2) is 0 Å². The van der Waals surface area contributed by atoms with E-state index >= 15 is 0 Å². The van der Waals surface area contributed by atoms with Crippen molar-refractivity contribution in [3.8, 4) is 0 Å². The van der Waals surface area contributed by atoms with Crippen molar-refractivity contribution in [1.29, 1.82) is 0 Å². The summed E-state index contributed by atoms with van der Waals surface area (Å²) in [6.07, 6.45) is 4.05. The summed E-state index contributed by atoms with van der Waals surface area (Å²) in [4.78, 5) is 0. The van der Waals surface area contributed by atoms with Crippen molar-refractivity contribution in [2.24, 2.45) is 48.7 Å². The van der Waals surface area contributed by atoms with Crippen LogP contribution in [0.4, 0.5) is 39.5 Å². The molecule has 0 N–H and O–H groups in total. The van der Waals surface area contributed by atoms with Gasteiger partial charge in [0.05, 0.1) is 12.8 Å². The maximum atomic E-state index is 12.3. The summed E-state index contributed by atoms with van der Waals surface area (Å²) in [6, 6.07) is 0. The van der Waals surface area contributed by atoms with Crippen LogP contribution in [0.3, 0.4) is 0 Å². The van der Waals surface area contributed by atoms with Crippen molar-refractivity contribution >= 4 is 12.6 Å². The Bertz CT molecular complexity index is 1020. The fraction of sp³-hybridized carbons (Fsp3) is 1.00. The zero-order chi connectivity index (χ0) is 60.0. The normalized spacial score (nSPS) is 11.7. The van der Waals surface area contributed by atoms with Gasteiger partial charge in [-0.2, -0.15) is 25.8 Å². The topological polar surface area (TPSA) is 0 Å². The van der Waals surface area contributed by atoms with E-state index in [1.54, 1.807) is 27.7 Å². The molecular formula is C69H163F9S. The molecule has 0 aromatic rings. The van der Waals surface area contributed by atoms with Crippen LogP contribution in [0.2, 0.25) is 0 Å². The number of thiol groups is 1. The molecule has 0 spiro atoms. The molecule has 0 bridgehead atoms. The van der Waals surface area contributed by atoms with Crippen molar-refractivity contribution < 1.29 is 39.5 Å². The standard InChI is InChI=1S/C8H16F2.C8H18.C7H14F2.2C7H15F.C7H16.C6H11F3.C6H14.C5H12S.8CH4/c1-7(2,3)5-6-8(4,9)10;1-5-6-7-8(2,3)4;1-7(2,3)5-4-6(8)9;1-6(8)5-7(2,3)4;1-7(2,3)5-4-6-8;1-5-6-7(2,3)4;1-5(2,3)4-6(7,8)9;1-5-6(2,3)4;1-5(2,3)4-6;;;;;;;;/h5-6H2,1-4H3;5-7H2,1-4H3;6H,4-5H2,1-3H3;6H,5H2,1-4H3;4-6H2,1-3H3;5-6H2,1-4H3;4H2,1-3H3;5H2,1-4H3;6H,4H2,1-3H3;8*1H4. The molecule has 0 saturated carbocycles. The summed E-state index contributed by atoms with van der Waals surface area (Å²) in [5.41, 5.74) is 1.95. The average Bonchev–Trinajstić information content (AvgIpc) is 3.05. The molecule has 0 saturated heterocycles. The summed E-state index contributed by atoms with van der Waals surface area (Å²) in [5, 5.41) is 0. The highest BCUT2D eigenvalue weighted by Gasteiger charge is 2.33. The molecule has 0 aliphatic rings. The highest BCUT2D eigenvalue weighted by Crippen LogP contribution is 2.32. The van der Waals surface area contributed by atoms with Crippen LogP contribution in [-0.2, 0) is 0 Å². The minimum Gasteiger partial charge on any atom is -0.251 e. The third-order valence-electron chi connectivity index (χ3n) is 8.93. The molecule has 0 aromatic heterocycles. The highest BCUT2D eigenvalue weighted by atomic mass is 32.1. The van der Waals surface area contributed by atoms with Gasteiger partial charge >= 0.3 is 6.18 Å². The van der Waals surface area contributed by atoms with Crippen LogP contribution in [0.25, 0.3) is 0 Å². The van der Waals surface area contributed by atoms with Crippen molar-refractivity contribution in [2.45, 2.75) is 396 Å². The maximum absolute atomic E-state index is 12.3. The fourth-order valence-corrected chi connectivity index (χ4v) is 4.64. The van der Waals surface area contributed by atoms with E-state index in [1.165, 1.54) is 38.5 Å². The predicted molar refractivity (Wildman–Crippen MR) is 364 cm³/mol. The Kier molecular flexibility index (Phi) is 93.9. The van der Waals surface area contributed by atoms with E-state index in [1.807, 2.05) is 62.3 Å². The quantitative estimate of drug-likeness (QED) is 0.164. The molecule has 0 radical (unpaired) electrons. The smallest absolute Gasteiger partial charge is 0.251 e. The fourth-order valence-electron chi connectivity index (χ4n) is 4.64. The van der Waals surface area contributed by atoms with Gasteiger partial charge in [-0.1, -0.05) is 293 Å². The number of rotatable bonds is 10. The van der Waals surface area contributed by atoms with Gasteiger partial charge in [-0.3, -0.25) is 4.39 Å². The van der Waals surface area contributed by atoms with Gasteiger partial charge < -0.3 is 0 Å². The van der Waals surface area contributed by atoms with Crippen molar-refractivity contribution in [3.05, 3.63) is 0 Å². The Labute approximate surface area is 506 Å². The number of halogens is 9. The van der Waals surface area contributed by atoms with Crippen molar-refractivity contribution in [2.75, 3.05) is 12.4 Å². The highest BCUT2D eigenvalue weighted by molar-refractivity contribution is 7.80. The Morgan fingerprint density at radius 1 is 0.354 bits per heavy atom. The number of unbranched alkanes of at least 4 members (excludes halogenated alkanes) is 1. The molecule has 10 heteroatoms. The van der Waals surface area contributed by atoms with E-state index in [0.717, 1.165) is 19.1 Å². The number of alkyl halides is 9. The summed E-state index contributed by atoms with van der Waals surface area (Å²) < 4.78 is 106. The van der Waals surface area contributed by atoms with Crippen LogP contribution in [0, 0.1) is 48.7 Å². The van der Waals surface area contributed by atoms with Crippen molar-refractivity contribution in [1.82, 2.24) is 0 Å². The zero-order valence-corrected chi connectivity index (χ0v) is 54.7. The summed E-state index contributed by atoms with van der Waals surface area (Å²) in [5.74, 6) is -1.53. The molecule has 0 rings (SSSR count). The molecule has 508 valence electrons. The van der Waals surface area contributed by atoms with Crippen LogP contribution >= 0.6 is 12.6 Å². The lowest BCUT2D eigenvalue weighted by Gasteiger charge is -2.20. The molecule has 79 heavy (non-hydrogen) atoms. The molecule has 0 amide bonds. The lowest BCUT2D eigenvalue weighted by atomic mass is 9.89. The molecule has 0 fully saturated rings. The Morgan fingerprint density at radius 3 is 0.684 bits per heavy atom. The molecular weight excluding hydrogens is 1030 g/mol. The molecule has 0 nitrogen and oxygen atoms in total. The second-order valence-corrected chi connectivity index (χ2v) is 30.8. The first kappa shape index (κ1) is 125. The third kappa shape index (κ3) is 233. The first-order chi connectivity index (χ1) is 30.6. The van der Waals surface area contributed by atoms with Gasteiger partial charge in [0.1, 0.15) is 0 Å². The number of hydrogen-bond acceptors (Lipinski definition) is 1. The average molecular weight is 1200 g/mol. The summed E-state index contributed by atoms with van der Waals surface area (Å²) in [7, 11) is 0. The largest absolute Gasteiger partial charge is 0.389 e. The van der Waals surface area contributed by atoms with Gasteiger partial charge in [-0.25, -0.2) is 22.0 Å². The van der Waals surface area contributed by atoms with Gasteiger partial charge in [0, 0.05) is 19.3 Å². The first-order valence-corrected chi connectivity index (χ1v) is 27.7. The SMILES string of the molecule is C.C.C.C.C.C.C.C.CC(C)(C)CC(F)(F)F.CC(C)(C)CCC(C)(F)F.CC(C)(C)CCC(F)F.CC(C)(C)CCCF.CC(C)(C)CS.CC(F)CC(C)(C)C.CCC(C)(C)C.CCCC(C)(C)C.CCCCC(C)(C)C. The van der Waals surface area contributed by atoms with Crippen LogP contribution in [0.5, 0.6) is 0 Å². The molecule has 0 aromatic carbocycles. The monoisotopic (exact) mass is 1200 g/mol. The van der Waals surface area contributed by atoms with E-state index in [4.69, 9.17) is 0 Å². The van der Waals surface area contributed by atoms with Gasteiger partial charge in [-0.15, -0.1) is 0 Å². The van der Waals surface area contributed by atoms with Crippen molar-refractivity contribution in [3.63, 3.8) is 0 Å². The first-order valence-electron chi connectivity index (χ1n) is 27.1. The van der Waals surface area contributed by atoms with Gasteiger partial charge in [-0.05, 0) is 113 Å². The molecule has 0 aliphatic heterocycles. The van der Waals surface area contributed by atoms with E-state index in [0.29, 0.717) is 52.8 Å². The minimum atomic E-state index is -4.02. The van der Waals surface area contributed by atoms with E-state index < -0.39 is 36.5 Å². The lowest BCUT2D eigenvalue weighted by Crippen LogP contribution is -2.18. The molecule has 0 heterocycles. The Hall–Kier alpha value is -0.280. The molecule has 0 aliphatic carbocycles. The lowest BCUT2D eigenvalue weighted by molar-refractivity contribution is -0.152. The van der Waals surface area contributed by atoms with Gasteiger partial charge in [0.15, 0.2) is 0 Å². The Balaban J connectivity index is -0.0000000362. The maximum Gasteiger partial charge on any atom is 0.389 e. The summed E-state index contributed by atoms with van der Waals surface area (Å²) in [6.45, 7) is 65.1. The Morgan fingerprint density at radius 2 is 0.633 bits per heavy atom. The van der Waals surface area contributed by atoms with Gasteiger partial charge in [0.2, 0.25) is 12.3 Å². The van der Waals surface area contributed by atoms with E-state index in [9.17, 15) is 39.5 Å². The van der Waals surface area contributed by atoms with E-state index in [-0.39, 0.29) is 95.2 Å². The van der Waals surface area contributed by atoms with Gasteiger partial charge in [0.25, 0.3) is 0 Å². The molecule has 1 unspecified atom stereocenters. The summed E-state index contributed by atoms with van der Waals surface area (Å²) >= 11 is 4.10. The minimum absolute atomic E-state index is 0. The molecule has 1 atom stereocenters. The second-order valence-electron chi connectivity index (χ2n) is 30.5. The van der Waals surface area contributed by atoms with Crippen LogP contribution < -0.4 is 0 Å². The third-order valence-corrected chi connectivity index (χ3v) is 9.88. The van der Waals surface area contributed by atoms with Crippen LogP contribution in [-0.4, -0.2) is 37.1 Å². The number of hydrogen-bond donors (Lipinski definition) is 1. The van der Waals surface area contributed by atoms with Crippen LogP contribution in [0.1, 0.15) is 371 Å². The second kappa shape index (κ2) is 59.5.